The zero-order chi connectivity index (χ0) is 14.3. The van der Waals surface area contributed by atoms with Crippen LogP contribution in [0.15, 0.2) is 46.9 Å². The van der Waals surface area contributed by atoms with Gasteiger partial charge in [-0.15, -0.1) is 0 Å². The molecular weight excluding hydrogens is 410 g/mol. The molecule has 0 bridgehead atoms. The third-order valence-corrected chi connectivity index (χ3v) is 4.55. The van der Waals surface area contributed by atoms with Gasteiger partial charge in [0.25, 0.3) is 0 Å². The van der Waals surface area contributed by atoms with E-state index >= 15 is 0 Å². The minimum Gasteiger partial charge on any atom is -0.456 e. The Morgan fingerprint density at radius 2 is 1.90 bits per heavy atom. The number of benzene rings is 2. The van der Waals surface area contributed by atoms with Crippen molar-refractivity contribution in [3.05, 3.63) is 67.4 Å². The highest BCUT2D eigenvalue weighted by Crippen LogP contribution is 2.34. The first kappa shape index (κ1) is 14.2. The lowest BCUT2D eigenvalue weighted by atomic mass is 10.1. The predicted molar refractivity (Wildman–Crippen MR) is 89.5 cm³/mol. The van der Waals surface area contributed by atoms with Crippen molar-refractivity contribution in [3.63, 3.8) is 0 Å². The van der Waals surface area contributed by atoms with Crippen LogP contribution in [0.25, 0.3) is 11.0 Å². The van der Waals surface area contributed by atoms with Crippen molar-refractivity contribution >= 4 is 56.8 Å². The smallest absolute Gasteiger partial charge is 0.153 e. The Hall–Kier alpha value is -0.750. The van der Waals surface area contributed by atoms with Gasteiger partial charge in [-0.05, 0) is 52.9 Å². The van der Waals surface area contributed by atoms with Gasteiger partial charge < -0.3 is 9.52 Å². The number of aliphatic hydroxyl groups excluding tert-OH is 1. The Bertz CT molecular complexity index is 783. The molecule has 3 rings (SSSR count). The standard InChI is InChI=1S/C15H9Cl2IO2/c16-9-4-5-12(18)10(7-9)14(19)13-6-8-2-1-3-11(17)15(8)20-13/h1-7,14,19H. The number of fused-ring (bicyclic) bond motifs is 1. The van der Waals surface area contributed by atoms with Crippen LogP contribution in [-0.4, -0.2) is 5.11 Å². The first-order chi connectivity index (χ1) is 9.56. The third-order valence-electron chi connectivity index (χ3n) is 3.04. The van der Waals surface area contributed by atoms with E-state index in [1.807, 2.05) is 18.2 Å². The Morgan fingerprint density at radius 1 is 1.10 bits per heavy atom. The molecule has 1 atom stereocenters. The van der Waals surface area contributed by atoms with Crippen molar-refractivity contribution in [3.8, 4) is 0 Å². The lowest BCUT2D eigenvalue weighted by Crippen LogP contribution is -2.00. The fourth-order valence-corrected chi connectivity index (χ4v) is 3.09. The van der Waals surface area contributed by atoms with Gasteiger partial charge in [-0.1, -0.05) is 35.3 Å². The quantitative estimate of drug-likeness (QED) is 0.563. The van der Waals surface area contributed by atoms with E-state index in [9.17, 15) is 5.11 Å². The maximum atomic E-state index is 10.5. The molecule has 1 unspecified atom stereocenters. The van der Waals surface area contributed by atoms with E-state index in [1.165, 1.54) is 0 Å². The lowest BCUT2D eigenvalue weighted by Gasteiger charge is -2.10. The number of furan rings is 1. The Balaban J connectivity index is 2.10. The van der Waals surface area contributed by atoms with E-state index in [1.54, 1.807) is 24.3 Å². The van der Waals surface area contributed by atoms with Crippen molar-refractivity contribution in [2.75, 3.05) is 0 Å². The Labute approximate surface area is 139 Å². The number of halogens is 3. The van der Waals surface area contributed by atoms with Gasteiger partial charge in [0.15, 0.2) is 5.58 Å². The molecule has 3 aromatic rings. The van der Waals surface area contributed by atoms with Crippen LogP contribution in [0, 0.1) is 3.57 Å². The van der Waals surface area contributed by atoms with Crippen molar-refractivity contribution < 1.29 is 9.52 Å². The first-order valence-electron chi connectivity index (χ1n) is 5.87. The van der Waals surface area contributed by atoms with E-state index in [0.717, 1.165) is 8.96 Å². The maximum Gasteiger partial charge on any atom is 0.153 e. The van der Waals surface area contributed by atoms with Crippen LogP contribution in [0.4, 0.5) is 0 Å². The fraction of sp³-hybridized carbons (Fsp3) is 0.0667. The molecule has 5 heteroatoms. The van der Waals surface area contributed by atoms with Gasteiger partial charge in [-0.25, -0.2) is 0 Å². The summed E-state index contributed by atoms with van der Waals surface area (Å²) in [5.74, 6) is 0.452. The van der Waals surface area contributed by atoms with E-state index in [2.05, 4.69) is 22.6 Å². The molecule has 20 heavy (non-hydrogen) atoms. The van der Waals surface area contributed by atoms with E-state index in [-0.39, 0.29) is 0 Å². The molecule has 0 spiro atoms. The summed E-state index contributed by atoms with van der Waals surface area (Å²) in [6.07, 6.45) is -0.871. The Kier molecular flexibility index (Phi) is 3.95. The predicted octanol–water partition coefficient (Wildman–Crippen LogP) is 5.43. The summed E-state index contributed by atoms with van der Waals surface area (Å²) < 4.78 is 6.60. The number of para-hydroxylation sites is 1. The van der Waals surface area contributed by atoms with Gasteiger partial charge in [0.1, 0.15) is 11.9 Å². The molecule has 0 amide bonds. The molecule has 0 aliphatic carbocycles. The second-order valence-electron chi connectivity index (χ2n) is 4.38. The number of aliphatic hydroxyl groups is 1. The normalized spacial score (nSPS) is 12.8. The van der Waals surface area contributed by atoms with Gasteiger partial charge in [0.05, 0.1) is 5.02 Å². The SMILES string of the molecule is OC(c1cc2cccc(Cl)c2o1)c1cc(Cl)ccc1I. The van der Waals surface area contributed by atoms with Crippen LogP contribution in [0.3, 0.4) is 0 Å². The molecular formula is C15H9Cl2IO2. The number of hydrogen-bond acceptors (Lipinski definition) is 2. The summed E-state index contributed by atoms with van der Waals surface area (Å²) in [7, 11) is 0. The highest BCUT2D eigenvalue weighted by atomic mass is 127. The number of rotatable bonds is 2. The average Bonchev–Trinajstić information content (AvgIpc) is 2.86. The number of hydrogen-bond donors (Lipinski definition) is 1. The Morgan fingerprint density at radius 3 is 2.65 bits per heavy atom. The van der Waals surface area contributed by atoms with Crippen molar-refractivity contribution in [2.24, 2.45) is 0 Å². The highest BCUT2D eigenvalue weighted by Gasteiger charge is 2.19. The van der Waals surface area contributed by atoms with Gasteiger partial charge in [0, 0.05) is 19.5 Å². The molecule has 102 valence electrons. The topological polar surface area (TPSA) is 33.4 Å². The second-order valence-corrected chi connectivity index (χ2v) is 6.38. The molecule has 2 aromatic carbocycles. The maximum absolute atomic E-state index is 10.5. The minimum atomic E-state index is -0.871. The molecule has 2 nitrogen and oxygen atoms in total. The van der Waals surface area contributed by atoms with Crippen molar-refractivity contribution in [1.29, 1.82) is 0 Å². The molecule has 0 saturated heterocycles. The van der Waals surface area contributed by atoms with Crippen molar-refractivity contribution in [1.82, 2.24) is 0 Å². The summed E-state index contributed by atoms with van der Waals surface area (Å²) in [4.78, 5) is 0. The highest BCUT2D eigenvalue weighted by molar-refractivity contribution is 14.1. The van der Waals surface area contributed by atoms with E-state index in [4.69, 9.17) is 27.6 Å². The lowest BCUT2D eigenvalue weighted by molar-refractivity contribution is 0.191. The summed E-state index contributed by atoms with van der Waals surface area (Å²) in [5.41, 5.74) is 1.30. The van der Waals surface area contributed by atoms with Gasteiger partial charge in [-0.2, -0.15) is 0 Å². The van der Waals surface area contributed by atoms with Crippen LogP contribution in [0.5, 0.6) is 0 Å². The largest absolute Gasteiger partial charge is 0.456 e. The zero-order valence-electron chi connectivity index (χ0n) is 10.1. The third kappa shape index (κ3) is 2.55. The molecule has 1 N–H and O–H groups in total. The molecule has 0 saturated carbocycles. The molecule has 1 heterocycles. The fourth-order valence-electron chi connectivity index (χ4n) is 2.06. The van der Waals surface area contributed by atoms with E-state index in [0.29, 0.717) is 27.0 Å². The summed E-state index contributed by atoms with van der Waals surface area (Å²) in [6.45, 7) is 0. The van der Waals surface area contributed by atoms with Crippen LogP contribution < -0.4 is 0 Å². The second kappa shape index (κ2) is 5.56. The zero-order valence-corrected chi connectivity index (χ0v) is 13.8. The average molecular weight is 419 g/mol. The molecule has 1 aromatic heterocycles. The van der Waals surface area contributed by atoms with Gasteiger partial charge in [0.2, 0.25) is 0 Å². The molecule has 0 fully saturated rings. The monoisotopic (exact) mass is 418 g/mol. The van der Waals surface area contributed by atoms with Gasteiger partial charge >= 0.3 is 0 Å². The molecule has 0 aliphatic heterocycles. The van der Waals surface area contributed by atoms with Crippen LogP contribution in [0.1, 0.15) is 17.4 Å². The van der Waals surface area contributed by atoms with Crippen LogP contribution in [-0.2, 0) is 0 Å². The van der Waals surface area contributed by atoms with Crippen LogP contribution >= 0.6 is 45.8 Å². The summed E-state index contributed by atoms with van der Waals surface area (Å²) >= 11 is 14.2. The van der Waals surface area contributed by atoms with E-state index < -0.39 is 6.10 Å². The first-order valence-corrected chi connectivity index (χ1v) is 7.70. The summed E-state index contributed by atoms with van der Waals surface area (Å²) in [5, 5.41) is 12.5. The van der Waals surface area contributed by atoms with Crippen molar-refractivity contribution in [2.45, 2.75) is 6.10 Å². The molecule has 0 radical (unpaired) electrons. The molecule has 0 aliphatic rings. The van der Waals surface area contributed by atoms with Crippen LogP contribution in [0.2, 0.25) is 10.0 Å². The minimum absolute atomic E-state index is 0.452. The summed E-state index contributed by atoms with van der Waals surface area (Å²) in [6, 6.07) is 12.7. The van der Waals surface area contributed by atoms with Gasteiger partial charge in [-0.3, -0.25) is 0 Å².